The van der Waals surface area contributed by atoms with E-state index in [2.05, 4.69) is 10.6 Å². The van der Waals surface area contributed by atoms with Crippen molar-refractivity contribution in [3.05, 3.63) is 23.8 Å². The molecule has 1 fully saturated rings. The molecule has 1 aromatic rings. The molecule has 0 atom stereocenters. The Bertz CT molecular complexity index is 656. The summed E-state index contributed by atoms with van der Waals surface area (Å²) in [7, 11) is 0. The minimum Gasteiger partial charge on any atom is -0.494 e. The number of hydrogen-bond acceptors (Lipinski definition) is 3. The lowest BCUT2D eigenvalue weighted by molar-refractivity contribution is -0.143. The van der Waals surface area contributed by atoms with E-state index in [1.54, 1.807) is 6.92 Å². The van der Waals surface area contributed by atoms with Crippen LogP contribution in [0.4, 0.5) is 23.7 Å². The zero-order valence-electron chi connectivity index (χ0n) is 14.2. The minimum absolute atomic E-state index is 0.0674. The van der Waals surface area contributed by atoms with E-state index in [1.165, 1.54) is 6.07 Å². The topological polar surface area (TPSA) is 87.7 Å². The maximum absolute atomic E-state index is 13.2. The van der Waals surface area contributed by atoms with E-state index in [9.17, 15) is 22.8 Å². The summed E-state index contributed by atoms with van der Waals surface area (Å²) < 4.78 is 44.7. The zero-order valence-corrected chi connectivity index (χ0v) is 14.2. The molecule has 9 heteroatoms. The second kappa shape index (κ2) is 8.29. The van der Waals surface area contributed by atoms with Crippen molar-refractivity contribution in [2.75, 3.05) is 11.9 Å². The average molecular weight is 374 g/mol. The van der Waals surface area contributed by atoms with Crippen molar-refractivity contribution in [1.29, 1.82) is 0 Å². The highest BCUT2D eigenvalue weighted by atomic mass is 19.4. The van der Waals surface area contributed by atoms with Crippen molar-refractivity contribution in [3.8, 4) is 5.75 Å². The fourth-order valence-electron chi connectivity index (χ4n) is 2.95. The number of ether oxygens (including phenoxy) is 1. The van der Waals surface area contributed by atoms with Crippen LogP contribution < -0.4 is 15.4 Å². The molecule has 0 heterocycles. The van der Waals surface area contributed by atoms with Crippen molar-refractivity contribution < 1.29 is 32.6 Å². The largest absolute Gasteiger partial charge is 0.494 e. The van der Waals surface area contributed by atoms with E-state index >= 15 is 0 Å². The molecule has 0 radical (unpaired) electrons. The lowest BCUT2D eigenvalue weighted by Crippen LogP contribution is -2.41. The number of nitrogens with one attached hydrogen (secondary N) is 2. The van der Waals surface area contributed by atoms with Gasteiger partial charge >= 0.3 is 18.2 Å². The Morgan fingerprint density at radius 3 is 2.42 bits per heavy atom. The molecule has 0 aliphatic heterocycles. The van der Waals surface area contributed by atoms with Gasteiger partial charge in [-0.05, 0) is 50.8 Å². The van der Waals surface area contributed by atoms with Crippen molar-refractivity contribution in [1.82, 2.24) is 5.32 Å². The van der Waals surface area contributed by atoms with Crippen LogP contribution in [-0.4, -0.2) is 29.8 Å². The van der Waals surface area contributed by atoms with E-state index in [4.69, 9.17) is 9.84 Å². The third kappa shape index (κ3) is 5.27. The molecule has 0 unspecified atom stereocenters. The maximum atomic E-state index is 13.2. The van der Waals surface area contributed by atoms with Gasteiger partial charge in [0.1, 0.15) is 5.75 Å². The van der Waals surface area contributed by atoms with Crippen LogP contribution in [0.3, 0.4) is 0 Å². The molecule has 6 nitrogen and oxygen atoms in total. The van der Waals surface area contributed by atoms with E-state index in [1.807, 2.05) is 0 Å². The van der Waals surface area contributed by atoms with Crippen LogP contribution in [0.1, 0.15) is 38.2 Å². The summed E-state index contributed by atoms with van der Waals surface area (Å²) >= 11 is 0. The number of anilines is 1. The molecule has 1 aromatic carbocycles. The highest BCUT2D eigenvalue weighted by Crippen LogP contribution is 2.37. The van der Waals surface area contributed by atoms with Crippen molar-refractivity contribution >= 4 is 17.7 Å². The Kier molecular flexibility index (Phi) is 6.33. The number of benzene rings is 1. The number of rotatable bonds is 5. The summed E-state index contributed by atoms with van der Waals surface area (Å²) in [5.41, 5.74) is -1.36. The lowest BCUT2D eigenvalue weighted by Gasteiger charge is -2.27. The van der Waals surface area contributed by atoms with Crippen LogP contribution >= 0.6 is 0 Å². The number of aliphatic carboxylic acids is 1. The first-order valence-electron chi connectivity index (χ1n) is 8.35. The van der Waals surface area contributed by atoms with Gasteiger partial charge < -0.3 is 20.5 Å². The predicted octanol–water partition coefficient (Wildman–Crippen LogP) is 3.87. The van der Waals surface area contributed by atoms with Gasteiger partial charge in [0, 0.05) is 6.04 Å². The quantitative estimate of drug-likeness (QED) is 0.730. The van der Waals surface area contributed by atoms with E-state index < -0.39 is 29.7 Å². The Hall–Kier alpha value is -2.45. The highest BCUT2D eigenvalue weighted by Gasteiger charge is 2.35. The summed E-state index contributed by atoms with van der Waals surface area (Å²) in [5.74, 6) is -1.23. The maximum Gasteiger partial charge on any atom is 0.418 e. The molecule has 0 spiro atoms. The third-order valence-electron chi connectivity index (χ3n) is 4.27. The molecule has 0 bridgehead atoms. The first-order chi connectivity index (χ1) is 12.2. The van der Waals surface area contributed by atoms with E-state index in [0.717, 1.165) is 12.1 Å². The normalized spacial score (nSPS) is 20.3. The predicted molar refractivity (Wildman–Crippen MR) is 88.1 cm³/mol. The Balaban J connectivity index is 2.01. The van der Waals surface area contributed by atoms with Crippen LogP contribution in [0.15, 0.2) is 18.2 Å². The van der Waals surface area contributed by atoms with E-state index in [-0.39, 0.29) is 24.1 Å². The van der Waals surface area contributed by atoms with Crippen LogP contribution in [0, 0.1) is 5.92 Å². The van der Waals surface area contributed by atoms with E-state index in [0.29, 0.717) is 25.7 Å². The number of carboxylic acids is 1. The summed E-state index contributed by atoms with van der Waals surface area (Å²) in [6, 6.07) is 2.33. The Morgan fingerprint density at radius 1 is 1.23 bits per heavy atom. The van der Waals surface area contributed by atoms with Crippen molar-refractivity contribution in [2.45, 2.75) is 44.8 Å². The van der Waals surface area contributed by atoms with Gasteiger partial charge in [0.15, 0.2) is 0 Å². The van der Waals surface area contributed by atoms with Gasteiger partial charge in [-0.25, -0.2) is 4.79 Å². The SMILES string of the molecule is CCOc1ccc(NC(=O)NC2CCC(C(=O)O)CC2)c(C(F)(F)F)c1. The fraction of sp³-hybridized carbons (Fsp3) is 0.529. The van der Waals surface area contributed by atoms with Crippen molar-refractivity contribution in [3.63, 3.8) is 0 Å². The van der Waals surface area contributed by atoms with Crippen LogP contribution in [0.5, 0.6) is 5.75 Å². The number of halogens is 3. The van der Waals surface area contributed by atoms with Crippen LogP contribution in [-0.2, 0) is 11.0 Å². The zero-order chi connectivity index (χ0) is 19.3. The molecule has 3 N–H and O–H groups in total. The lowest BCUT2D eigenvalue weighted by atomic mass is 9.86. The molecule has 0 saturated heterocycles. The molecule has 1 aliphatic rings. The standard InChI is InChI=1S/C17H21F3N2O4/c1-2-26-12-7-8-14(13(9-12)17(18,19)20)22-16(25)21-11-5-3-10(4-6-11)15(23)24/h7-11H,2-6H2,1H3,(H,23,24)(H2,21,22,25). The molecule has 2 rings (SSSR count). The number of carbonyl (C=O) groups excluding carboxylic acids is 1. The first-order valence-corrected chi connectivity index (χ1v) is 8.35. The molecule has 1 aliphatic carbocycles. The number of carboxylic acid groups (broad SMARTS) is 1. The van der Waals surface area contributed by atoms with Gasteiger partial charge in [0.05, 0.1) is 23.8 Å². The molecule has 2 amide bonds. The van der Waals surface area contributed by atoms with Crippen LogP contribution in [0.25, 0.3) is 0 Å². The molecule has 1 saturated carbocycles. The smallest absolute Gasteiger partial charge is 0.418 e. The first kappa shape index (κ1) is 19.9. The van der Waals surface area contributed by atoms with Gasteiger partial charge in [0.25, 0.3) is 0 Å². The Morgan fingerprint density at radius 2 is 1.88 bits per heavy atom. The van der Waals surface area contributed by atoms with Gasteiger partial charge in [-0.3, -0.25) is 4.79 Å². The second-order valence-electron chi connectivity index (χ2n) is 6.12. The molecule has 26 heavy (non-hydrogen) atoms. The number of urea groups is 1. The van der Waals surface area contributed by atoms with Crippen molar-refractivity contribution in [2.24, 2.45) is 5.92 Å². The summed E-state index contributed by atoms with van der Waals surface area (Å²) in [5, 5.41) is 13.8. The van der Waals surface area contributed by atoms with Crippen LogP contribution in [0.2, 0.25) is 0 Å². The minimum atomic E-state index is -4.64. The second-order valence-corrected chi connectivity index (χ2v) is 6.12. The molecular formula is C17H21F3N2O4. The summed E-state index contributed by atoms with van der Waals surface area (Å²) in [6.07, 6.45) is -2.84. The molecule has 0 aromatic heterocycles. The summed E-state index contributed by atoms with van der Waals surface area (Å²) in [6.45, 7) is 1.88. The Labute approximate surface area is 148 Å². The average Bonchev–Trinajstić information content (AvgIpc) is 2.56. The van der Waals surface area contributed by atoms with Gasteiger partial charge in [-0.15, -0.1) is 0 Å². The number of hydrogen-bond donors (Lipinski definition) is 3. The van der Waals surface area contributed by atoms with Gasteiger partial charge in [0.2, 0.25) is 0 Å². The highest BCUT2D eigenvalue weighted by molar-refractivity contribution is 5.90. The monoisotopic (exact) mass is 374 g/mol. The molecule has 144 valence electrons. The number of alkyl halides is 3. The van der Waals surface area contributed by atoms with Gasteiger partial charge in [-0.1, -0.05) is 0 Å². The number of amides is 2. The summed E-state index contributed by atoms with van der Waals surface area (Å²) in [4.78, 5) is 23.0. The van der Waals surface area contributed by atoms with Gasteiger partial charge in [-0.2, -0.15) is 13.2 Å². The fourth-order valence-corrected chi connectivity index (χ4v) is 2.95. The number of carbonyl (C=O) groups is 2. The third-order valence-corrected chi connectivity index (χ3v) is 4.27. The molecular weight excluding hydrogens is 353 g/mol.